The zero-order chi connectivity index (χ0) is 15.6. The Labute approximate surface area is 120 Å². The van der Waals surface area contributed by atoms with E-state index in [1.54, 1.807) is 6.07 Å². The molecule has 1 aromatic rings. The summed E-state index contributed by atoms with van der Waals surface area (Å²) in [5.74, 6) is -1.69. The Morgan fingerprint density at radius 1 is 1.52 bits per heavy atom. The lowest BCUT2D eigenvalue weighted by atomic mass is 10.1. The standard InChI is InChI=1S/C13H14N2O6/c1-21-11-3-8(2-10(5-11)15(19)20)6-14-7-9(13(17)18)4-12(14)16/h2-3,5,9H,4,6-7H2,1H3,(H,17,18). The highest BCUT2D eigenvalue weighted by molar-refractivity contribution is 5.86. The number of carboxylic acid groups (broad SMARTS) is 1. The third-order valence-electron chi connectivity index (χ3n) is 3.33. The molecular formula is C13H14N2O6. The van der Waals surface area contributed by atoms with E-state index in [9.17, 15) is 19.7 Å². The first kappa shape index (κ1) is 14.8. The van der Waals surface area contributed by atoms with E-state index in [0.717, 1.165) is 0 Å². The summed E-state index contributed by atoms with van der Waals surface area (Å²) in [4.78, 5) is 34.4. The molecule has 0 bridgehead atoms. The number of nitrogens with zero attached hydrogens (tertiary/aromatic N) is 2. The normalized spacial score (nSPS) is 17.9. The van der Waals surface area contributed by atoms with Crippen LogP contribution in [0.4, 0.5) is 5.69 Å². The van der Waals surface area contributed by atoms with Gasteiger partial charge in [0.2, 0.25) is 5.91 Å². The summed E-state index contributed by atoms with van der Waals surface area (Å²) in [6.45, 7) is 0.236. The monoisotopic (exact) mass is 294 g/mol. The van der Waals surface area contributed by atoms with Crippen molar-refractivity contribution >= 4 is 17.6 Å². The second-order valence-electron chi connectivity index (χ2n) is 4.81. The maximum absolute atomic E-state index is 11.8. The Morgan fingerprint density at radius 2 is 2.24 bits per heavy atom. The molecule has 0 radical (unpaired) electrons. The van der Waals surface area contributed by atoms with Gasteiger partial charge in [0.1, 0.15) is 5.75 Å². The smallest absolute Gasteiger partial charge is 0.308 e. The van der Waals surface area contributed by atoms with Crippen LogP contribution in [0.15, 0.2) is 18.2 Å². The van der Waals surface area contributed by atoms with Crippen molar-refractivity contribution in [1.29, 1.82) is 0 Å². The Balaban J connectivity index is 2.19. The molecule has 1 saturated heterocycles. The van der Waals surface area contributed by atoms with Gasteiger partial charge in [-0.15, -0.1) is 0 Å². The number of carbonyl (C=O) groups is 2. The number of likely N-dealkylation sites (tertiary alicyclic amines) is 1. The van der Waals surface area contributed by atoms with Gasteiger partial charge in [0.15, 0.2) is 0 Å². The molecule has 1 aliphatic heterocycles. The van der Waals surface area contributed by atoms with Crippen LogP contribution in [-0.2, 0) is 16.1 Å². The first-order valence-electron chi connectivity index (χ1n) is 6.23. The van der Waals surface area contributed by atoms with E-state index in [4.69, 9.17) is 9.84 Å². The maximum Gasteiger partial charge on any atom is 0.308 e. The molecule has 8 heteroatoms. The second-order valence-corrected chi connectivity index (χ2v) is 4.81. The largest absolute Gasteiger partial charge is 0.496 e. The molecule has 1 heterocycles. The van der Waals surface area contributed by atoms with Gasteiger partial charge < -0.3 is 14.7 Å². The predicted molar refractivity (Wildman–Crippen MR) is 70.8 cm³/mol. The third-order valence-corrected chi connectivity index (χ3v) is 3.33. The van der Waals surface area contributed by atoms with Gasteiger partial charge in [-0.3, -0.25) is 19.7 Å². The number of benzene rings is 1. The number of ether oxygens (including phenoxy) is 1. The van der Waals surface area contributed by atoms with Crippen LogP contribution < -0.4 is 4.74 Å². The number of rotatable bonds is 5. The molecule has 1 atom stereocenters. The summed E-state index contributed by atoms with van der Waals surface area (Å²) in [5, 5.41) is 19.8. The topological polar surface area (TPSA) is 110 Å². The third kappa shape index (κ3) is 3.28. The van der Waals surface area contributed by atoms with Crippen LogP contribution in [0.3, 0.4) is 0 Å². The number of nitro groups is 1. The van der Waals surface area contributed by atoms with Gasteiger partial charge in [0.25, 0.3) is 5.69 Å². The lowest BCUT2D eigenvalue weighted by Gasteiger charge is -2.16. The zero-order valence-electron chi connectivity index (χ0n) is 11.3. The van der Waals surface area contributed by atoms with Crippen LogP contribution in [0, 0.1) is 16.0 Å². The van der Waals surface area contributed by atoms with Crippen molar-refractivity contribution in [2.24, 2.45) is 5.92 Å². The molecular weight excluding hydrogens is 280 g/mol. The fourth-order valence-corrected chi connectivity index (χ4v) is 2.27. The maximum atomic E-state index is 11.8. The van der Waals surface area contributed by atoms with Crippen molar-refractivity contribution in [2.75, 3.05) is 13.7 Å². The Kier molecular flexibility index (Phi) is 4.06. The van der Waals surface area contributed by atoms with E-state index in [-0.39, 0.29) is 31.1 Å². The van der Waals surface area contributed by atoms with Crippen molar-refractivity contribution in [2.45, 2.75) is 13.0 Å². The highest BCUT2D eigenvalue weighted by Gasteiger charge is 2.34. The van der Waals surface area contributed by atoms with Crippen molar-refractivity contribution in [3.8, 4) is 5.75 Å². The SMILES string of the molecule is COc1cc(CN2CC(C(=O)O)CC2=O)cc([N+](=O)[O-])c1. The van der Waals surface area contributed by atoms with Gasteiger partial charge in [-0.05, 0) is 11.6 Å². The number of methoxy groups -OCH3 is 1. The quantitative estimate of drug-likeness (QED) is 0.641. The molecule has 21 heavy (non-hydrogen) atoms. The highest BCUT2D eigenvalue weighted by atomic mass is 16.6. The van der Waals surface area contributed by atoms with Gasteiger partial charge in [0.05, 0.1) is 24.0 Å². The van der Waals surface area contributed by atoms with E-state index >= 15 is 0 Å². The molecule has 1 unspecified atom stereocenters. The van der Waals surface area contributed by atoms with Gasteiger partial charge in [-0.1, -0.05) is 0 Å². The first-order chi connectivity index (χ1) is 9.90. The summed E-state index contributed by atoms with van der Waals surface area (Å²) in [5.41, 5.74) is 0.395. The number of amides is 1. The van der Waals surface area contributed by atoms with Gasteiger partial charge in [0, 0.05) is 25.6 Å². The molecule has 112 valence electrons. The van der Waals surface area contributed by atoms with Crippen LogP contribution >= 0.6 is 0 Å². The molecule has 8 nitrogen and oxygen atoms in total. The van der Waals surface area contributed by atoms with Crippen molar-refractivity contribution in [3.05, 3.63) is 33.9 Å². The van der Waals surface area contributed by atoms with E-state index in [1.165, 1.54) is 24.1 Å². The molecule has 1 aliphatic rings. The average Bonchev–Trinajstić information content (AvgIpc) is 2.80. The summed E-state index contributed by atoms with van der Waals surface area (Å²) in [6, 6.07) is 4.23. The van der Waals surface area contributed by atoms with Crippen LogP contribution in [0.5, 0.6) is 5.75 Å². The minimum Gasteiger partial charge on any atom is -0.496 e. The van der Waals surface area contributed by atoms with Crippen LogP contribution in [0.1, 0.15) is 12.0 Å². The fourth-order valence-electron chi connectivity index (χ4n) is 2.27. The van der Waals surface area contributed by atoms with Crippen LogP contribution in [0.25, 0.3) is 0 Å². The average molecular weight is 294 g/mol. The van der Waals surface area contributed by atoms with Crippen LogP contribution in [0.2, 0.25) is 0 Å². The van der Waals surface area contributed by atoms with Gasteiger partial charge in [-0.25, -0.2) is 0 Å². The zero-order valence-corrected chi connectivity index (χ0v) is 11.3. The number of non-ortho nitro benzene ring substituents is 1. The Morgan fingerprint density at radius 3 is 2.76 bits per heavy atom. The Hall–Kier alpha value is -2.64. The van der Waals surface area contributed by atoms with E-state index < -0.39 is 16.8 Å². The summed E-state index contributed by atoms with van der Waals surface area (Å²) < 4.78 is 4.99. The lowest BCUT2D eigenvalue weighted by molar-refractivity contribution is -0.385. The van der Waals surface area contributed by atoms with Crippen LogP contribution in [-0.4, -0.2) is 40.5 Å². The minimum atomic E-state index is -1.01. The second kappa shape index (κ2) is 5.78. The number of aliphatic carboxylic acids is 1. The predicted octanol–water partition coefficient (Wildman–Crippen LogP) is 1.04. The van der Waals surface area contributed by atoms with Crippen molar-refractivity contribution in [1.82, 2.24) is 4.90 Å². The summed E-state index contributed by atoms with van der Waals surface area (Å²) in [6.07, 6.45) is -0.0403. The first-order valence-corrected chi connectivity index (χ1v) is 6.23. The molecule has 1 fully saturated rings. The number of hydrogen-bond acceptors (Lipinski definition) is 5. The van der Waals surface area contributed by atoms with Gasteiger partial charge in [-0.2, -0.15) is 0 Å². The van der Waals surface area contributed by atoms with E-state index in [2.05, 4.69) is 0 Å². The number of carboxylic acids is 1. The molecule has 0 aromatic heterocycles. The minimum absolute atomic E-state index is 0.0403. The molecule has 0 saturated carbocycles. The van der Waals surface area contributed by atoms with E-state index in [1.807, 2.05) is 0 Å². The number of hydrogen-bond donors (Lipinski definition) is 1. The molecule has 1 amide bonds. The van der Waals surface area contributed by atoms with Crippen molar-refractivity contribution < 1.29 is 24.4 Å². The van der Waals surface area contributed by atoms with Gasteiger partial charge >= 0.3 is 5.97 Å². The molecule has 1 aromatic carbocycles. The Bertz CT molecular complexity index is 600. The molecule has 2 rings (SSSR count). The summed E-state index contributed by atoms with van der Waals surface area (Å²) >= 11 is 0. The lowest BCUT2D eigenvalue weighted by Crippen LogP contribution is -2.25. The molecule has 0 spiro atoms. The number of carbonyl (C=O) groups excluding carboxylic acids is 1. The fraction of sp³-hybridized carbons (Fsp3) is 0.385. The highest BCUT2D eigenvalue weighted by Crippen LogP contribution is 2.26. The van der Waals surface area contributed by atoms with Crippen molar-refractivity contribution in [3.63, 3.8) is 0 Å². The van der Waals surface area contributed by atoms with E-state index in [0.29, 0.717) is 11.3 Å². The molecule has 1 N–H and O–H groups in total. The molecule has 0 aliphatic carbocycles. The summed E-state index contributed by atoms with van der Waals surface area (Å²) in [7, 11) is 1.39. The number of nitro benzene ring substituents is 1.